The van der Waals surface area contributed by atoms with E-state index in [1.807, 2.05) is 18.2 Å². The largest absolute Gasteiger partial charge is 0.376 e. The molecule has 24 heavy (non-hydrogen) atoms. The fourth-order valence-corrected chi connectivity index (χ4v) is 5.46. The van der Waals surface area contributed by atoms with Gasteiger partial charge in [-0.3, -0.25) is 14.6 Å². The molecule has 5 aliphatic rings. The number of fused-ring (bicyclic) bond motifs is 2. The molecule has 3 fully saturated rings. The molecule has 4 aliphatic heterocycles. The van der Waals surface area contributed by atoms with E-state index in [2.05, 4.69) is 13.0 Å². The van der Waals surface area contributed by atoms with Gasteiger partial charge in [0, 0.05) is 17.5 Å². The molecule has 2 saturated heterocycles. The summed E-state index contributed by atoms with van der Waals surface area (Å²) in [5.41, 5.74) is 2.58. The number of hydrogen-bond acceptors (Lipinski definition) is 4. The molecule has 1 saturated carbocycles. The average molecular weight is 326 g/mol. The Morgan fingerprint density at radius 1 is 1.42 bits per heavy atom. The molecule has 5 nitrogen and oxygen atoms in total. The van der Waals surface area contributed by atoms with Crippen LogP contribution >= 0.6 is 0 Å². The van der Waals surface area contributed by atoms with Gasteiger partial charge in [-0.15, -0.1) is 0 Å². The summed E-state index contributed by atoms with van der Waals surface area (Å²) in [7, 11) is 1.56. The summed E-state index contributed by atoms with van der Waals surface area (Å²) >= 11 is 0. The first kappa shape index (κ1) is 14.6. The van der Waals surface area contributed by atoms with Crippen LogP contribution in [0.2, 0.25) is 0 Å². The number of carbonyl (C=O) groups is 1. The SMILES string of the molecule is CCC1=N[C@@H]2C[C@@]3(C(=O)N(OC)c4ccccc43)[C@H]3C[C@H]1C2CO3. The summed E-state index contributed by atoms with van der Waals surface area (Å²) in [4.78, 5) is 23.9. The zero-order valence-electron chi connectivity index (χ0n) is 14.1. The fraction of sp³-hybridized carbons (Fsp3) is 0.579. The first-order valence-corrected chi connectivity index (χ1v) is 8.87. The second-order valence-electron chi connectivity index (χ2n) is 7.34. The van der Waals surface area contributed by atoms with Gasteiger partial charge in [0.15, 0.2) is 0 Å². The second-order valence-corrected chi connectivity index (χ2v) is 7.34. The quantitative estimate of drug-likeness (QED) is 0.839. The predicted molar refractivity (Wildman–Crippen MR) is 90.1 cm³/mol. The summed E-state index contributed by atoms with van der Waals surface area (Å²) in [5.74, 6) is 0.930. The molecule has 4 bridgehead atoms. The molecule has 0 N–H and O–H groups in total. The predicted octanol–water partition coefficient (Wildman–Crippen LogP) is 2.49. The maximum atomic E-state index is 13.4. The Morgan fingerprint density at radius 2 is 2.25 bits per heavy atom. The first-order valence-electron chi connectivity index (χ1n) is 8.87. The molecular weight excluding hydrogens is 304 g/mol. The van der Waals surface area contributed by atoms with Gasteiger partial charge in [-0.25, -0.2) is 0 Å². The molecule has 5 heteroatoms. The van der Waals surface area contributed by atoms with Gasteiger partial charge in [-0.05, 0) is 30.9 Å². The second kappa shape index (κ2) is 4.90. The van der Waals surface area contributed by atoms with Crippen molar-refractivity contribution in [3.05, 3.63) is 29.8 Å². The molecule has 126 valence electrons. The Labute approximate surface area is 141 Å². The maximum Gasteiger partial charge on any atom is 0.264 e. The van der Waals surface area contributed by atoms with Crippen LogP contribution in [0.5, 0.6) is 0 Å². The number of para-hydroxylation sites is 1. The highest BCUT2D eigenvalue weighted by molar-refractivity contribution is 6.07. The zero-order chi connectivity index (χ0) is 16.5. The minimum absolute atomic E-state index is 0.0117. The number of rotatable bonds is 2. The van der Waals surface area contributed by atoms with Gasteiger partial charge < -0.3 is 4.74 Å². The smallest absolute Gasteiger partial charge is 0.264 e. The number of ether oxygens (including phenoxy) is 1. The maximum absolute atomic E-state index is 13.4. The lowest BCUT2D eigenvalue weighted by Gasteiger charge is -2.38. The molecule has 1 aliphatic carbocycles. The van der Waals surface area contributed by atoms with Crippen LogP contribution in [0.25, 0.3) is 0 Å². The van der Waals surface area contributed by atoms with Crippen molar-refractivity contribution >= 4 is 17.3 Å². The number of anilines is 1. The van der Waals surface area contributed by atoms with Gasteiger partial charge in [-0.2, -0.15) is 5.06 Å². The van der Waals surface area contributed by atoms with Gasteiger partial charge in [0.2, 0.25) is 0 Å². The van der Waals surface area contributed by atoms with Gasteiger partial charge in [0.1, 0.15) is 5.41 Å². The lowest BCUT2D eigenvalue weighted by atomic mass is 9.71. The van der Waals surface area contributed by atoms with E-state index in [-0.39, 0.29) is 18.1 Å². The Bertz CT molecular complexity index is 746. The van der Waals surface area contributed by atoms with Crippen molar-refractivity contribution in [3.63, 3.8) is 0 Å². The Kier molecular flexibility index (Phi) is 2.98. The third-order valence-corrected chi connectivity index (χ3v) is 6.52. The standard InChI is InChI=1S/C19H22N2O3/c1-3-14-11-8-17-19(9-15(20-14)12(11)10-24-17)13-6-4-5-7-16(13)21(23-2)18(19)22/h4-7,11-12,15,17H,3,8-10H2,1-2H3/t11-,12?,15+,17+,19-/m0/s1. The molecule has 1 aromatic carbocycles. The van der Waals surface area contributed by atoms with Crippen molar-refractivity contribution in [2.24, 2.45) is 16.8 Å². The minimum atomic E-state index is -0.649. The minimum Gasteiger partial charge on any atom is -0.376 e. The highest BCUT2D eigenvalue weighted by Gasteiger charge is 2.64. The number of hydrogen-bond donors (Lipinski definition) is 0. The molecule has 1 amide bonds. The topological polar surface area (TPSA) is 51.1 Å². The number of carbonyl (C=O) groups excluding carboxylic acids is 1. The lowest BCUT2D eigenvalue weighted by molar-refractivity contribution is -0.137. The molecule has 1 unspecified atom stereocenters. The van der Waals surface area contributed by atoms with Crippen LogP contribution in [0.3, 0.4) is 0 Å². The summed E-state index contributed by atoms with van der Waals surface area (Å²) in [6, 6.07) is 8.16. The van der Waals surface area contributed by atoms with E-state index in [0.29, 0.717) is 11.8 Å². The van der Waals surface area contributed by atoms with E-state index in [1.54, 1.807) is 7.11 Å². The van der Waals surface area contributed by atoms with Crippen molar-refractivity contribution in [2.75, 3.05) is 18.8 Å². The number of benzene rings is 1. The number of hydroxylamine groups is 1. The van der Waals surface area contributed by atoms with Crippen LogP contribution < -0.4 is 5.06 Å². The van der Waals surface area contributed by atoms with Crippen LogP contribution in [-0.4, -0.2) is 37.5 Å². The van der Waals surface area contributed by atoms with Crippen LogP contribution in [0, 0.1) is 11.8 Å². The number of aliphatic imine (C=N–C) groups is 1. The third kappa shape index (κ3) is 1.57. The van der Waals surface area contributed by atoms with E-state index in [9.17, 15) is 4.79 Å². The highest BCUT2D eigenvalue weighted by atomic mass is 16.7. The highest BCUT2D eigenvalue weighted by Crippen LogP contribution is 2.56. The molecule has 5 atom stereocenters. The molecule has 1 spiro atoms. The molecule has 1 aromatic rings. The van der Waals surface area contributed by atoms with Crippen LogP contribution in [0.1, 0.15) is 31.7 Å². The number of nitrogens with zero attached hydrogens (tertiary/aromatic N) is 2. The fourth-order valence-electron chi connectivity index (χ4n) is 5.46. The summed E-state index contributed by atoms with van der Waals surface area (Å²) in [6.07, 6.45) is 2.55. The van der Waals surface area contributed by atoms with Crippen molar-refractivity contribution in [3.8, 4) is 0 Å². The van der Waals surface area contributed by atoms with E-state index >= 15 is 0 Å². The van der Waals surface area contributed by atoms with Crippen molar-refractivity contribution in [1.82, 2.24) is 0 Å². The van der Waals surface area contributed by atoms with E-state index in [4.69, 9.17) is 14.6 Å². The average Bonchev–Trinajstić information content (AvgIpc) is 2.96. The Hall–Kier alpha value is -1.72. The van der Waals surface area contributed by atoms with Crippen LogP contribution in [-0.2, 0) is 19.8 Å². The summed E-state index contributed by atoms with van der Waals surface area (Å²) < 4.78 is 6.26. The van der Waals surface area contributed by atoms with Crippen molar-refractivity contribution in [2.45, 2.75) is 43.7 Å². The molecule has 6 rings (SSSR count). The van der Waals surface area contributed by atoms with E-state index < -0.39 is 5.41 Å². The van der Waals surface area contributed by atoms with Crippen LogP contribution in [0.4, 0.5) is 5.69 Å². The molecule has 0 radical (unpaired) electrons. The Balaban J connectivity index is 1.69. The van der Waals surface area contributed by atoms with Gasteiger partial charge in [-0.1, -0.05) is 25.1 Å². The lowest BCUT2D eigenvalue weighted by Crippen LogP contribution is -2.51. The van der Waals surface area contributed by atoms with Crippen molar-refractivity contribution in [1.29, 1.82) is 0 Å². The van der Waals surface area contributed by atoms with Gasteiger partial charge in [0.05, 0.1) is 31.5 Å². The van der Waals surface area contributed by atoms with E-state index in [1.165, 1.54) is 10.8 Å². The number of amides is 1. The van der Waals surface area contributed by atoms with E-state index in [0.717, 1.165) is 37.1 Å². The zero-order valence-corrected chi connectivity index (χ0v) is 14.1. The first-order chi connectivity index (χ1) is 11.7. The molecule has 4 heterocycles. The summed E-state index contributed by atoms with van der Waals surface area (Å²) in [5, 5.41) is 1.45. The summed E-state index contributed by atoms with van der Waals surface area (Å²) in [6.45, 7) is 2.90. The normalized spacial score (nSPS) is 39.3. The molecule has 0 aromatic heterocycles. The molecular formula is C19H22N2O3. The van der Waals surface area contributed by atoms with Gasteiger partial charge in [0.25, 0.3) is 5.91 Å². The van der Waals surface area contributed by atoms with Crippen LogP contribution in [0.15, 0.2) is 29.3 Å². The van der Waals surface area contributed by atoms with Crippen molar-refractivity contribution < 1.29 is 14.4 Å². The monoisotopic (exact) mass is 326 g/mol. The Morgan fingerprint density at radius 3 is 3.04 bits per heavy atom. The third-order valence-electron chi connectivity index (χ3n) is 6.52. The van der Waals surface area contributed by atoms with Gasteiger partial charge >= 0.3 is 0 Å².